The van der Waals surface area contributed by atoms with Crippen molar-refractivity contribution in [2.24, 2.45) is 0 Å². The zero-order valence-corrected chi connectivity index (χ0v) is 12.8. The number of aromatic nitrogens is 5. The molecule has 0 spiro atoms. The summed E-state index contributed by atoms with van der Waals surface area (Å²) in [6.07, 6.45) is 5.29. The molecule has 3 aromatic rings. The first kappa shape index (κ1) is 15.7. The van der Waals surface area contributed by atoms with Crippen molar-refractivity contribution in [3.05, 3.63) is 48.5 Å². The summed E-state index contributed by atoms with van der Waals surface area (Å²) in [6.45, 7) is -0.706. The average molecular weight is 330 g/mol. The normalized spacial score (nSPS) is 11.8. The summed E-state index contributed by atoms with van der Waals surface area (Å²) in [7, 11) is 1.52. The molecular weight excluding hydrogens is 315 g/mol. The van der Waals surface area contributed by atoms with E-state index in [9.17, 15) is 4.39 Å². The number of H-pyrrole nitrogens is 1. The molecule has 124 valence electrons. The van der Waals surface area contributed by atoms with E-state index in [2.05, 4.69) is 30.5 Å². The molecule has 0 aliphatic heterocycles. The van der Waals surface area contributed by atoms with Gasteiger partial charge in [0.25, 0.3) is 0 Å². The fraction of sp³-hybridized carbons (Fsp3) is 0.200. The number of rotatable bonds is 7. The first-order valence-electron chi connectivity index (χ1n) is 7.09. The number of hydrogen-bond acceptors (Lipinski definition) is 7. The Balaban J connectivity index is 1.72. The lowest BCUT2D eigenvalue weighted by Crippen LogP contribution is -2.11. The molecule has 24 heavy (non-hydrogen) atoms. The maximum atomic E-state index is 13.3. The van der Waals surface area contributed by atoms with Gasteiger partial charge in [0.15, 0.2) is 11.9 Å². The number of anilines is 2. The number of nitrogens with zero attached hydrogens (tertiary/aromatic N) is 4. The number of hydrogen-bond donors (Lipinski definition) is 2. The second-order valence-corrected chi connectivity index (χ2v) is 4.74. The molecule has 3 aromatic heterocycles. The summed E-state index contributed by atoms with van der Waals surface area (Å²) < 4.78 is 23.8. The predicted octanol–water partition coefficient (Wildman–Crippen LogP) is 2.44. The molecule has 0 aliphatic rings. The molecule has 0 fully saturated rings. The summed E-state index contributed by atoms with van der Waals surface area (Å²) in [4.78, 5) is 12.2. The molecule has 0 aliphatic carbocycles. The van der Waals surface area contributed by atoms with Gasteiger partial charge in [-0.1, -0.05) is 6.07 Å². The van der Waals surface area contributed by atoms with Gasteiger partial charge < -0.3 is 14.8 Å². The van der Waals surface area contributed by atoms with Crippen molar-refractivity contribution < 1.29 is 13.9 Å². The molecule has 9 heteroatoms. The molecule has 1 atom stereocenters. The first-order valence-corrected chi connectivity index (χ1v) is 7.09. The number of ether oxygens (including phenoxy) is 2. The zero-order valence-electron chi connectivity index (χ0n) is 12.8. The van der Waals surface area contributed by atoms with Crippen LogP contribution >= 0.6 is 0 Å². The molecule has 0 saturated carbocycles. The molecule has 3 rings (SSSR count). The lowest BCUT2D eigenvalue weighted by molar-refractivity contribution is 0.159. The molecule has 0 radical (unpaired) electrons. The van der Waals surface area contributed by atoms with E-state index in [4.69, 9.17) is 9.47 Å². The van der Waals surface area contributed by atoms with Gasteiger partial charge in [-0.05, 0) is 6.07 Å². The fourth-order valence-electron chi connectivity index (χ4n) is 1.98. The number of alkyl halides is 1. The van der Waals surface area contributed by atoms with Crippen molar-refractivity contribution in [1.82, 2.24) is 25.1 Å². The predicted molar refractivity (Wildman–Crippen MR) is 84.0 cm³/mol. The molecule has 0 saturated heterocycles. The van der Waals surface area contributed by atoms with E-state index < -0.39 is 12.8 Å². The summed E-state index contributed by atoms with van der Waals surface area (Å²) >= 11 is 0. The second-order valence-electron chi connectivity index (χ2n) is 4.74. The van der Waals surface area contributed by atoms with Gasteiger partial charge in [0, 0.05) is 24.0 Å². The van der Waals surface area contributed by atoms with Crippen molar-refractivity contribution in [1.29, 1.82) is 0 Å². The largest absolute Gasteiger partial charge is 0.480 e. The fourth-order valence-corrected chi connectivity index (χ4v) is 1.98. The number of halogens is 1. The van der Waals surface area contributed by atoms with E-state index in [1.165, 1.54) is 19.5 Å². The molecule has 0 aromatic carbocycles. The number of pyridine rings is 1. The molecule has 3 heterocycles. The van der Waals surface area contributed by atoms with E-state index in [-0.39, 0.29) is 5.88 Å². The molecule has 2 N–H and O–H groups in total. The maximum absolute atomic E-state index is 13.3. The van der Waals surface area contributed by atoms with Crippen molar-refractivity contribution in [2.75, 3.05) is 19.1 Å². The Kier molecular flexibility index (Phi) is 4.80. The molecule has 0 amide bonds. The number of methoxy groups -OCH3 is 1. The highest BCUT2D eigenvalue weighted by Gasteiger charge is 2.15. The topological polar surface area (TPSA) is 97.8 Å². The highest BCUT2D eigenvalue weighted by atomic mass is 19.1. The van der Waals surface area contributed by atoms with Crippen LogP contribution in [0.15, 0.2) is 43.0 Å². The van der Waals surface area contributed by atoms with Crippen LogP contribution in [0.1, 0.15) is 11.7 Å². The van der Waals surface area contributed by atoms with E-state index in [0.717, 1.165) is 0 Å². The average Bonchev–Trinajstić information content (AvgIpc) is 3.08. The highest BCUT2D eigenvalue weighted by molar-refractivity contribution is 5.51. The Morgan fingerprint density at radius 3 is 2.88 bits per heavy atom. The Bertz CT molecular complexity index is 782. The Hall–Kier alpha value is -3.23. The minimum Gasteiger partial charge on any atom is -0.480 e. The lowest BCUT2D eigenvalue weighted by atomic mass is 10.2. The maximum Gasteiger partial charge on any atom is 0.234 e. The Morgan fingerprint density at radius 1 is 1.25 bits per heavy atom. The molecule has 8 nitrogen and oxygen atoms in total. The van der Waals surface area contributed by atoms with Gasteiger partial charge in [-0.25, -0.2) is 4.39 Å². The smallest absolute Gasteiger partial charge is 0.234 e. The summed E-state index contributed by atoms with van der Waals surface area (Å²) in [5.41, 5.74) is 0.624. The third-order valence-corrected chi connectivity index (χ3v) is 3.10. The minimum atomic E-state index is -0.796. The van der Waals surface area contributed by atoms with Crippen LogP contribution in [0, 0.1) is 0 Å². The summed E-state index contributed by atoms with van der Waals surface area (Å²) in [5.74, 6) is 1.63. The third kappa shape index (κ3) is 3.75. The SMILES string of the molecule is COc1cc(Nc2cncc(OC(CF)c3cccnc3)n2)[nH]n1. The van der Waals surface area contributed by atoms with Crippen LogP contribution in [0.2, 0.25) is 0 Å². The number of aromatic amines is 1. The minimum absolute atomic E-state index is 0.193. The molecule has 1 unspecified atom stereocenters. The van der Waals surface area contributed by atoms with Crippen LogP contribution in [0.25, 0.3) is 0 Å². The van der Waals surface area contributed by atoms with Crippen molar-refractivity contribution >= 4 is 11.6 Å². The first-order chi connectivity index (χ1) is 11.8. The Labute approximate surface area is 137 Å². The zero-order chi connectivity index (χ0) is 16.8. The van der Waals surface area contributed by atoms with Crippen molar-refractivity contribution in [2.45, 2.75) is 6.10 Å². The van der Waals surface area contributed by atoms with Crippen LogP contribution in [-0.2, 0) is 0 Å². The van der Waals surface area contributed by atoms with Gasteiger partial charge >= 0.3 is 0 Å². The van der Waals surface area contributed by atoms with Gasteiger partial charge in [-0.15, -0.1) is 5.10 Å². The highest BCUT2D eigenvalue weighted by Crippen LogP contribution is 2.22. The van der Waals surface area contributed by atoms with E-state index >= 15 is 0 Å². The van der Waals surface area contributed by atoms with Crippen LogP contribution in [0.5, 0.6) is 11.8 Å². The van der Waals surface area contributed by atoms with Crippen LogP contribution in [0.4, 0.5) is 16.0 Å². The van der Waals surface area contributed by atoms with Crippen molar-refractivity contribution in [3.63, 3.8) is 0 Å². The summed E-state index contributed by atoms with van der Waals surface area (Å²) in [5, 5.41) is 9.62. The van der Waals surface area contributed by atoms with Gasteiger partial charge in [0.05, 0.1) is 19.5 Å². The van der Waals surface area contributed by atoms with Gasteiger partial charge in [0.1, 0.15) is 12.5 Å². The lowest BCUT2D eigenvalue weighted by Gasteiger charge is -2.15. The molecular formula is C15H15FN6O2. The molecule has 0 bridgehead atoms. The third-order valence-electron chi connectivity index (χ3n) is 3.10. The van der Waals surface area contributed by atoms with Crippen LogP contribution in [-0.4, -0.2) is 38.9 Å². The summed E-state index contributed by atoms with van der Waals surface area (Å²) in [6, 6.07) is 5.12. The van der Waals surface area contributed by atoms with Crippen LogP contribution < -0.4 is 14.8 Å². The monoisotopic (exact) mass is 330 g/mol. The van der Waals surface area contributed by atoms with Gasteiger partial charge in [0.2, 0.25) is 11.8 Å². The van der Waals surface area contributed by atoms with Crippen LogP contribution in [0.3, 0.4) is 0 Å². The van der Waals surface area contributed by atoms with E-state index in [0.29, 0.717) is 23.1 Å². The van der Waals surface area contributed by atoms with Gasteiger partial charge in [-0.3, -0.25) is 15.1 Å². The van der Waals surface area contributed by atoms with E-state index in [1.807, 2.05) is 0 Å². The number of nitrogens with one attached hydrogen (secondary N) is 2. The van der Waals surface area contributed by atoms with Gasteiger partial charge in [-0.2, -0.15) is 4.98 Å². The van der Waals surface area contributed by atoms with E-state index in [1.54, 1.807) is 30.6 Å². The van der Waals surface area contributed by atoms with Crippen molar-refractivity contribution in [3.8, 4) is 11.8 Å². The standard InChI is InChI=1S/C15H15FN6O2/c1-23-14-5-12(21-22-14)19-13-8-18-9-15(20-13)24-11(6-16)10-3-2-4-17-7-10/h2-5,7-9,11H,6H2,1H3,(H2,19,20,21,22). The quantitative estimate of drug-likeness (QED) is 0.686. The second kappa shape index (κ2) is 7.36. The Morgan fingerprint density at radius 2 is 2.17 bits per heavy atom.